The molecule has 0 radical (unpaired) electrons. The summed E-state index contributed by atoms with van der Waals surface area (Å²) < 4.78 is 35.9. The van der Waals surface area contributed by atoms with Crippen LogP contribution in [0.2, 0.25) is 0 Å². The summed E-state index contributed by atoms with van der Waals surface area (Å²) in [6.45, 7) is 11.5. The molecule has 0 aliphatic carbocycles. The van der Waals surface area contributed by atoms with E-state index in [1.165, 1.54) is 0 Å². The van der Waals surface area contributed by atoms with E-state index in [9.17, 15) is 9.59 Å². The van der Waals surface area contributed by atoms with E-state index in [2.05, 4.69) is 5.32 Å². The molecule has 0 aliphatic heterocycles. The van der Waals surface area contributed by atoms with Gasteiger partial charge in [0.2, 0.25) is 0 Å². The van der Waals surface area contributed by atoms with Crippen LogP contribution < -0.4 is 10.2 Å². The third-order valence-corrected chi connectivity index (χ3v) is 6.87. The molecule has 0 bridgehead atoms. The van der Waals surface area contributed by atoms with Crippen LogP contribution in [0.5, 0.6) is 0 Å². The highest BCUT2D eigenvalue weighted by Gasteiger charge is 2.56. The maximum absolute atomic E-state index is 13.8. The van der Waals surface area contributed by atoms with Gasteiger partial charge < -0.3 is 38.6 Å². The van der Waals surface area contributed by atoms with Gasteiger partial charge in [-0.25, -0.2) is 9.59 Å². The number of anilines is 2. The van der Waals surface area contributed by atoms with Gasteiger partial charge in [-0.05, 0) is 77.8 Å². The molecule has 0 spiro atoms. The smallest absolute Gasteiger partial charge is 0.369 e. The fourth-order valence-corrected chi connectivity index (χ4v) is 5.12. The van der Waals surface area contributed by atoms with Crippen LogP contribution in [0.1, 0.15) is 59.4 Å². The van der Waals surface area contributed by atoms with Crippen LogP contribution in [0.15, 0.2) is 54.6 Å². The molecule has 0 amide bonds. The second kappa shape index (κ2) is 17.8. The molecular weight excluding hydrogens is 552 g/mol. The minimum absolute atomic E-state index is 0.0943. The Morgan fingerprint density at radius 1 is 0.674 bits per heavy atom. The monoisotopic (exact) mass is 602 g/mol. The first-order valence-electron chi connectivity index (χ1n) is 15.2. The quantitative estimate of drug-likeness (QED) is 0.157. The van der Waals surface area contributed by atoms with Gasteiger partial charge in [0.15, 0.2) is 0 Å². The Kier molecular flexibility index (Phi) is 14.9. The van der Waals surface area contributed by atoms with Crippen molar-refractivity contribution < 1.29 is 38.0 Å². The first kappa shape index (κ1) is 36.0. The molecule has 2 aromatic rings. The first-order chi connectivity index (χ1) is 20.7. The van der Waals surface area contributed by atoms with Crippen molar-refractivity contribution >= 4 is 23.3 Å². The summed E-state index contributed by atoms with van der Waals surface area (Å²) in [5, 5.41) is 3.49. The average molecular weight is 603 g/mol. The van der Waals surface area contributed by atoms with E-state index < -0.39 is 35.5 Å². The molecular formula is C33H50N2O8. The number of carbonyl (C=O) groups excluding carboxylic acids is 2. The highest BCUT2D eigenvalue weighted by atomic mass is 16.7. The minimum Gasteiger partial charge on any atom is -0.462 e. The fraction of sp³-hybridized carbons (Fsp3) is 0.576. The Hall–Kier alpha value is -3.18. The summed E-state index contributed by atoms with van der Waals surface area (Å²) in [6, 6.07) is 16.3. The van der Waals surface area contributed by atoms with Crippen LogP contribution in [0.4, 0.5) is 11.4 Å². The number of nitrogens with one attached hydrogen (secondary N) is 1. The minimum atomic E-state index is -1.87. The molecule has 0 aliphatic rings. The zero-order valence-corrected chi connectivity index (χ0v) is 27.0. The summed E-state index contributed by atoms with van der Waals surface area (Å²) >= 11 is 0. The Bertz CT molecular complexity index is 1080. The molecule has 2 atom stereocenters. The number of hydrogen-bond acceptors (Lipinski definition) is 10. The second-order valence-corrected chi connectivity index (χ2v) is 9.85. The molecule has 10 nitrogen and oxygen atoms in total. The van der Waals surface area contributed by atoms with E-state index in [-0.39, 0.29) is 46.1 Å². The van der Waals surface area contributed by atoms with Crippen molar-refractivity contribution in [1.82, 2.24) is 0 Å². The van der Waals surface area contributed by atoms with Crippen LogP contribution in [0.25, 0.3) is 0 Å². The standard InChI is InChI=1S/C33H50N2O8/c1-9-38-30(36)32(40-11-3,41-12-4)28(25-18-16-15-17-19-25)24-29(34-26-20-22-27(23-21-26)35(7)8)33(42-13-5,43-14-6)31(37)39-10-2/h15-23,28-29,34H,9-14,24H2,1-8H3/t28-,29+/m0/s1. The van der Waals surface area contributed by atoms with E-state index >= 15 is 0 Å². The Labute approximate surface area is 256 Å². The highest BCUT2D eigenvalue weighted by molar-refractivity contribution is 5.81. The lowest BCUT2D eigenvalue weighted by molar-refractivity contribution is -0.267. The Morgan fingerprint density at radius 2 is 1.14 bits per heavy atom. The van der Waals surface area contributed by atoms with Crippen molar-refractivity contribution in [3.05, 3.63) is 60.2 Å². The maximum Gasteiger partial charge on any atom is 0.369 e. The average Bonchev–Trinajstić information content (AvgIpc) is 2.99. The summed E-state index contributed by atoms with van der Waals surface area (Å²) in [6.07, 6.45) is 0.0943. The molecule has 2 aromatic carbocycles. The maximum atomic E-state index is 13.8. The number of carbonyl (C=O) groups is 2. The molecule has 1 N–H and O–H groups in total. The Balaban J connectivity index is 2.86. The SMILES string of the molecule is CCOC(=O)C(OCC)(OCC)[C@@H](C[C@@H](c1ccccc1)C(OCC)(OCC)C(=O)OCC)Nc1ccc(N(C)C)cc1. The molecule has 43 heavy (non-hydrogen) atoms. The van der Waals surface area contributed by atoms with Crippen LogP contribution in [0, 0.1) is 0 Å². The van der Waals surface area contributed by atoms with Gasteiger partial charge in [-0.3, -0.25) is 0 Å². The lowest BCUT2D eigenvalue weighted by Crippen LogP contribution is -2.60. The number of hydrogen-bond donors (Lipinski definition) is 1. The van der Waals surface area contributed by atoms with Gasteiger partial charge in [0.25, 0.3) is 11.6 Å². The van der Waals surface area contributed by atoms with Crippen LogP contribution in [0.3, 0.4) is 0 Å². The van der Waals surface area contributed by atoms with Crippen molar-refractivity contribution in [2.75, 3.05) is 64.0 Å². The number of ether oxygens (including phenoxy) is 6. The van der Waals surface area contributed by atoms with Crippen molar-refractivity contribution in [2.45, 2.75) is 71.5 Å². The van der Waals surface area contributed by atoms with Crippen molar-refractivity contribution in [2.24, 2.45) is 0 Å². The third kappa shape index (κ3) is 8.92. The van der Waals surface area contributed by atoms with Gasteiger partial charge in [-0.2, -0.15) is 0 Å². The van der Waals surface area contributed by atoms with Crippen LogP contribution in [-0.4, -0.2) is 83.3 Å². The topological polar surface area (TPSA) is 105 Å². The van der Waals surface area contributed by atoms with E-state index in [0.29, 0.717) is 5.69 Å². The number of nitrogens with zero attached hydrogens (tertiary/aromatic N) is 1. The lowest BCUT2D eigenvalue weighted by atomic mass is 9.82. The molecule has 240 valence electrons. The first-order valence-corrected chi connectivity index (χ1v) is 15.2. The van der Waals surface area contributed by atoms with E-state index in [1.54, 1.807) is 41.5 Å². The summed E-state index contributed by atoms with van der Waals surface area (Å²) in [4.78, 5) is 29.6. The van der Waals surface area contributed by atoms with Crippen molar-refractivity contribution in [1.29, 1.82) is 0 Å². The molecule has 0 heterocycles. The molecule has 10 heteroatoms. The van der Waals surface area contributed by atoms with Gasteiger partial charge in [-0.15, -0.1) is 0 Å². The molecule has 2 rings (SSSR count). The van der Waals surface area contributed by atoms with Crippen LogP contribution >= 0.6 is 0 Å². The van der Waals surface area contributed by atoms with Gasteiger partial charge in [0.05, 0.1) is 25.2 Å². The highest BCUT2D eigenvalue weighted by Crippen LogP contribution is 2.41. The molecule has 0 aromatic heterocycles. The number of rotatable bonds is 20. The van der Waals surface area contributed by atoms with Gasteiger partial charge in [0.1, 0.15) is 0 Å². The van der Waals surface area contributed by atoms with Gasteiger partial charge in [0, 0.05) is 51.9 Å². The van der Waals surface area contributed by atoms with Crippen molar-refractivity contribution in [3.63, 3.8) is 0 Å². The molecule has 0 saturated carbocycles. The molecule has 0 saturated heterocycles. The van der Waals surface area contributed by atoms with Gasteiger partial charge >= 0.3 is 11.9 Å². The predicted molar refractivity (Wildman–Crippen MR) is 167 cm³/mol. The summed E-state index contributed by atoms with van der Waals surface area (Å²) in [5.74, 6) is -5.79. The number of esters is 2. The fourth-order valence-electron chi connectivity index (χ4n) is 5.12. The molecule has 0 unspecified atom stereocenters. The van der Waals surface area contributed by atoms with E-state index in [0.717, 1.165) is 11.3 Å². The second-order valence-electron chi connectivity index (χ2n) is 9.85. The zero-order valence-electron chi connectivity index (χ0n) is 27.0. The van der Waals surface area contributed by atoms with Gasteiger partial charge in [-0.1, -0.05) is 30.3 Å². The van der Waals surface area contributed by atoms with Crippen LogP contribution in [-0.2, 0) is 38.0 Å². The summed E-state index contributed by atoms with van der Waals surface area (Å²) in [7, 11) is 3.92. The summed E-state index contributed by atoms with van der Waals surface area (Å²) in [5.41, 5.74) is 2.47. The number of benzene rings is 2. The van der Waals surface area contributed by atoms with Crippen molar-refractivity contribution in [3.8, 4) is 0 Å². The predicted octanol–water partition coefficient (Wildman–Crippen LogP) is 5.37. The normalized spacial score (nSPS) is 13.2. The lowest BCUT2D eigenvalue weighted by Gasteiger charge is -2.43. The largest absolute Gasteiger partial charge is 0.462 e. The van der Waals surface area contributed by atoms with E-state index in [4.69, 9.17) is 28.4 Å². The van der Waals surface area contributed by atoms with E-state index in [1.807, 2.05) is 73.6 Å². The third-order valence-electron chi connectivity index (χ3n) is 6.87. The Morgan fingerprint density at radius 3 is 1.58 bits per heavy atom. The zero-order chi connectivity index (χ0) is 31.9. The molecule has 0 fully saturated rings.